The van der Waals surface area contributed by atoms with Gasteiger partial charge in [0.2, 0.25) is 0 Å². The number of hydrogen-bond acceptors (Lipinski definition) is 2. The molecule has 0 saturated carbocycles. The SMILES string of the molecule is CC(C)Cc1cc(N)n(-c2ccccc2C(C)C)n1. The topological polar surface area (TPSA) is 43.8 Å². The third-order valence-corrected chi connectivity index (χ3v) is 3.19. The van der Waals surface area contributed by atoms with Crippen LogP contribution in [-0.4, -0.2) is 9.78 Å². The summed E-state index contributed by atoms with van der Waals surface area (Å²) in [4.78, 5) is 0. The molecular weight excluding hydrogens is 234 g/mol. The predicted octanol–water partition coefficient (Wildman–Crippen LogP) is 3.78. The van der Waals surface area contributed by atoms with Crippen molar-refractivity contribution in [2.24, 2.45) is 5.92 Å². The lowest BCUT2D eigenvalue weighted by Crippen LogP contribution is -2.06. The molecule has 0 spiro atoms. The van der Waals surface area contributed by atoms with Gasteiger partial charge in [-0.25, -0.2) is 4.68 Å². The minimum absolute atomic E-state index is 0.452. The first-order valence-electron chi connectivity index (χ1n) is 6.92. The summed E-state index contributed by atoms with van der Waals surface area (Å²) in [6.45, 7) is 8.76. The molecule has 0 unspecified atom stereocenters. The molecule has 0 aliphatic carbocycles. The molecule has 1 aromatic carbocycles. The van der Waals surface area contributed by atoms with Crippen LogP contribution in [0.2, 0.25) is 0 Å². The van der Waals surface area contributed by atoms with E-state index in [0.29, 0.717) is 17.7 Å². The molecule has 0 aliphatic heterocycles. The van der Waals surface area contributed by atoms with Crippen LogP contribution in [0.3, 0.4) is 0 Å². The van der Waals surface area contributed by atoms with Gasteiger partial charge in [0, 0.05) is 6.07 Å². The summed E-state index contributed by atoms with van der Waals surface area (Å²) in [6.07, 6.45) is 0.959. The second-order valence-corrected chi connectivity index (χ2v) is 5.78. The van der Waals surface area contributed by atoms with Crippen LogP contribution in [-0.2, 0) is 6.42 Å². The van der Waals surface area contributed by atoms with Gasteiger partial charge in [-0.05, 0) is 29.9 Å². The first-order valence-corrected chi connectivity index (χ1v) is 6.92. The lowest BCUT2D eigenvalue weighted by molar-refractivity contribution is 0.628. The zero-order chi connectivity index (χ0) is 14.0. The summed E-state index contributed by atoms with van der Waals surface area (Å²) in [6, 6.07) is 10.3. The highest BCUT2D eigenvalue weighted by Crippen LogP contribution is 2.25. The van der Waals surface area contributed by atoms with Crippen LogP contribution in [0.15, 0.2) is 30.3 Å². The van der Waals surface area contributed by atoms with Crippen molar-refractivity contribution < 1.29 is 0 Å². The Morgan fingerprint density at radius 1 is 1.16 bits per heavy atom. The number of aromatic nitrogens is 2. The second-order valence-electron chi connectivity index (χ2n) is 5.78. The fraction of sp³-hybridized carbons (Fsp3) is 0.438. The van der Waals surface area contributed by atoms with Gasteiger partial charge >= 0.3 is 0 Å². The highest BCUT2D eigenvalue weighted by molar-refractivity contribution is 5.48. The van der Waals surface area contributed by atoms with Gasteiger partial charge in [-0.15, -0.1) is 0 Å². The number of nitrogens with two attached hydrogens (primary N) is 1. The van der Waals surface area contributed by atoms with E-state index in [4.69, 9.17) is 5.73 Å². The molecule has 0 saturated heterocycles. The summed E-state index contributed by atoms with van der Waals surface area (Å²) < 4.78 is 1.87. The van der Waals surface area contributed by atoms with Crippen LogP contribution in [0.5, 0.6) is 0 Å². The van der Waals surface area contributed by atoms with Crippen LogP contribution in [0.25, 0.3) is 5.69 Å². The molecule has 2 aromatic rings. The average Bonchev–Trinajstić information content (AvgIpc) is 2.69. The molecule has 3 heteroatoms. The molecule has 0 aliphatic rings. The molecule has 0 bridgehead atoms. The molecule has 0 fully saturated rings. The number of hydrogen-bond donors (Lipinski definition) is 1. The van der Waals surface area contributed by atoms with E-state index >= 15 is 0 Å². The molecular formula is C16H23N3. The summed E-state index contributed by atoms with van der Waals surface area (Å²) in [7, 11) is 0. The van der Waals surface area contributed by atoms with Crippen molar-refractivity contribution in [2.45, 2.75) is 40.0 Å². The molecule has 3 nitrogen and oxygen atoms in total. The van der Waals surface area contributed by atoms with Crippen LogP contribution in [0.1, 0.15) is 44.9 Å². The Morgan fingerprint density at radius 3 is 2.47 bits per heavy atom. The minimum atomic E-state index is 0.452. The van der Waals surface area contributed by atoms with Crippen molar-refractivity contribution in [1.82, 2.24) is 9.78 Å². The Labute approximate surface area is 115 Å². The molecule has 19 heavy (non-hydrogen) atoms. The second kappa shape index (κ2) is 5.47. The number of para-hydroxylation sites is 1. The molecule has 0 atom stereocenters. The van der Waals surface area contributed by atoms with Gasteiger partial charge in [-0.2, -0.15) is 5.10 Å². The predicted molar refractivity (Wildman–Crippen MR) is 80.6 cm³/mol. The van der Waals surface area contributed by atoms with Gasteiger partial charge in [-0.1, -0.05) is 45.9 Å². The highest BCUT2D eigenvalue weighted by Gasteiger charge is 2.13. The lowest BCUT2D eigenvalue weighted by atomic mass is 10.0. The molecule has 0 amide bonds. The van der Waals surface area contributed by atoms with Crippen LogP contribution < -0.4 is 5.73 Å². The standard InChI is InChI=1S/C16H23N3/c1-11(2)9-13-10-16(17)19(18-13)15-8-6-5-7-14(15)12(3)4/h5-8,10-12H,9,17H2,1-4H3. The van der Waals surface area contributed by atoms with E-state index in [2.05, 4.69) is 51.0 Å². The molecule has 2 N–H and O–H groups in total. The fourth-order valence-electron chi connectivity index (χ4n) is 2.33. The van der Waals surface area contributed by atoms with E-state index in [-0.39, 0.29) is 0 Å². The Kier molecular flexibility index (Phi) is 3.93. The molecule has 1 heterocycles. The van der Waals surface area contributed by atoms with Crippen molar-refractivity contribution in [3.05, 3.63) is 41.6 Å². The number of benzene rings is 1. The van der Waals surface area contributed by atoms with E-state index in [1.807, 2.05) is 16.8 Å². The van der Waals surface area contributed by atoms with Gasteiger partial charge in [0.05, 0.1) is 11.4 Å². The summed E-state index contributed by atoms with van der Waals surface area (Å²) in [5, 5.41) is 4.65. The highest BCUT2D eigenvalue weighted by atomic mass is 15.3. The summed E-state index contributed by atoms with van der Waals surface area (Å²) >= 11 is 0. The Hall–Kier alpha value is -1.77. The van der Waals surface area contributed by atoms with E-state index < -0.39 is 0 Å². The van der Waals surface area contributed by atoms with Gasteiger partial charge < -0.3 is 5.73 Å². The van der Waals surface area contributed by atoms with Crippen LogP contribution >= 0.6 is 0 Å². The molecule has 102 valence electrons. The van der Waals surface area contributed by atoms with Gasteiger partial charge in [0.1, 0.15) is 5.82 Å². The van der Waals surface area contributed by atoms with Gasteiger partial charge in [0.15, 0.2) is 0 Å². The lowest BCUT2D eigenvalue weighted by Gasteiger charge is -2.13. The molecule has 0 radical (unpaired) electrons. The quantitative estimate of drug-likeness (QED) is 0.906. The van der Waals surface area contributed by atoms with E-state index in [1.165, 1.54) is 5.56 Å². The maximum absolute atomic E-state index is 6.12. The summed E-state index contributed by atoms with van der Waals surface area (Å²) in [5.41, 5.74) is 9.54. The average molecular weight is 257 g/mol. The van der Waals surface area contributed by atoms with Crippen molar-refractivity contribution in [3.8, 4) is 5.69 Å². The third kappa shape index (κ3) is 2.98. The third-order valence-electron chi connectivity index (χ3n) is 3.19. The summed E-state index contributed by atoms with van der Waals surface area (Å²) in [5.74, 6) is 1.75. The number of nitrogens with zero attached hydrogens (tertiary/aromatic N) is 2. The van der Waals surface area contributed by atoms with Crippen LogP contribution in [0.4, 0.5) is 5.82 Å². The van der Waals surface area contributed by atoms with Crippen molar-refractivity contribution >= 4 is 5.82 Å². The Balaban J connectivity index is 2.44. The minimum Gasteiger partial charge on any atom is -0.384 e. The monoisotopic (exact) mass is 257 g/mol. The first kappa shape index (κ1) is 13.7. The van der Waals surface area contributed by atoms with Crippen LogP contribution in [0, 0.1) is 5.92 Å². The fourth-order valence-corrected chi connectivity index (χ4v) is 2.33. The number of nitrogen functional groups attached to an aromatic ring is 1. The van der Waals surface area contributed by atoms with E-state index in [0.717, 1.165) is 17.8 Å². The number of rotatable bonds is 4. The molecule has 2 rings (SSSR count). The Bertz CT molecular complexity index is 553. The Morgan fingerprint density at radius 2 is 1.84 bits per heavy atom. The van der Waals surface area contributed by atoms with E-state index in [1.54, 1.807) is 0 Å². The van der Waals surface area contributed by atoms with E-state index in [9.17, 15) is 0 Å². The zero-order valence-corrected chi connectivity index (χ0v) is 12.2. The largest absolute Gasteiger partial charge is 0.384 e. The first-order chi connectivity index (χ1) is 8.99. The zero-order valence-electron chi connectivity index (χ0n) is 12.2. The van der Waals surface area contributed by atoms with Gasteiger partial charge in [0.25, 0.3) is 0 Å². The number of anilines is 1. The van der Waals surface area contributed by atoms with Crippen molar-refractivity contribution in [1.29, 1.82) is 0 Å². The van der Waals surface area contributed by atoms with Gasteiger partial charge in [-0.3, -0.25) is 0 Å². The van der Waals surface area contributed by atoms with Crippen molar-refractivity contribution in [3.63, 3.8) is 0 Å². The normalized spacial score (nSPS) is 11.5. The maximum atomic E-state index is 6.12. The van der Waals surface area contributed by atoms with Crippen molar-refractivity contribution in [2.75, 3.05) is 5.73 Å². The maximum Gasteiger partial charge on any atom is 0.127 e. The molecule has 1 aromatic heterocycles. The smallest absolute Gasteiger partial charge is 0.127 e.